The maximum atomic E-state index is 12.6. The fourth-order valence-corrected chi connectivity index (χ4v) is 9.70. The molecule has 1 aromatic carbocycles. The first-order chi connectivity index (χ1) is 19.0. The van der Waals surface area contributed by atoms with E-state index in [1.54, 1.807) is 12.1 Å². The lowest BCUT2D eigenvalue weighted by Gasteiger charge is -2.58. The zero-order chi connectivity index (χ0) is 28.7. The van der Waals surface area contributed by atoms with E-state index >= 15 is 0 Å². The fourth-order valence-electron chi connectivity index (χ4n) is 9.70. The van der Waals surface area contributed by atoms with Gasteiger partial charge in [0.15, 0.2) is 0 Å². The topological polar surface area (TPSA) is 78.7 Å². The Bertz CT molecular complexity index is 1130. The number of rotatable bonds is 8. The average Bonchev–Trinajstić information content (AvgIpc) is 3.26. The molecule has 4 aliphatic rings. The zero-order valence-electron chi connectivity index (χ0n) is 25.2. The fraction of sp³-hybridized carbons (Fsp3) is 0.735. The van der Waals surface area contributed by atoms with Crippen LogP contribution in [0.2, 0.25) is 0 Å². The SMILES string of the molecule is CC(C)CCCC(C)C1CCC2C3CC=C4CC(OC(=O)Oc5ccccc5[N+](=O)[O-])CCC4(C)C3CCC12C. The van der Waals surface area contributed by atoms with E-state index in [2.05, 4.69) is 40.7 Å². The molecular weight excluding hydrogens is 502 g/mol. The van der Waals surface area contributed by atoms with Gasteiger partial charge in [0, 0.05) is 12.5 Å². The van der Waals surface area contributed by atoms with Crippen molar-refractivity contribution in [3.05, 3.63) is 46.0 Å². The minimum Gasteiger partial charge on any atom is -0.430 e. The average molecular weight is 552 g/mol. The van der Waals surface area contributed by atoms with Gasteiger partial charge in [0.1, 0.15) is 6.10 Å². The third-order valence-corrected chi connectivity index (χ3v) is 11.8. The van der Waals surface area contributed by atoms with E-state index in [1.807, 2.05) is 0 Å². The second-order valence-electron chi connectivity index (χ2n) is 14.3. The summed E-state index contributed by atoms with van der Waals surface area (Å²) in [7, 11) is 0. The summed E-state index contributed by atoms with van der Waals surface area (Å²) in [6.45, 7) is 12.3. The van der Waals surface area contributed by atoms with E-state index in [0.29, 0.717) is 11.3 Å². The van der Waals surface area contributed by atoms with E-state index in [-0.39, 0.29) is 23.0 Å². The molecule has 4 aliphatic carbocycles. The second kappa shape index (κ2) is 11.5. The summed E-state index contributed by atoms with van der Waals surface area (Å²) in [6, 6.07) is 5.92. The summed E-state index contributed by atoms with van der Waals surface area (Å²) in [4.78, 5) is 23.3. The highest BCUT2D eigenvalue weighted by Gasteiger charge is 2.59. The highest BCUT2D eigenvalue weighted by Crippen LogP contribution is 2.67. The summed E-state index contributed by atoms with van der Waals surface area (Å²) in [5, 5.41) is 11.3. The number of ether oxygens (including phenoxy) is 2. The molecule has 0 aromatic heterocycles. The van der Waals surface area contributed by atoms with Gasteiger partial charge in [0.05, 0.1) is 4.92 Å². The molecule has 6 heteroatoms. The molecule has 8 atom stereocenters. The van der Waals surface area contributed by atoms with Crippen molar-refractivity contribution in [2.75, 3.05) is 0 Å². The molecule has 5 rings (SSSR count). The highest BCUT2D eigenvalue weighted by molar-refractivity contribution is 5.66. The summed E-state index contributed by atoms with van der Waals surface area (Å²) >= 11 is 0. The van der Waals surface area contributed by atoms with Gasteiger partial charge in [-0.3, -0.25) is 10.1 Å². The third-order valence-electron chi connectivity index (χ3n) is 11.8. The Kier molecular flexibility index (Phi) is 8.37. The molecule has 3 fully saturated rings. The molecule has 6 nitrogen and oxygen atoms in total. The van der Waals surface area contributed by atoms with Crippen molar-refractivity contribution in [2.45, 2.75) is 111 Å². The number of carbonyl (C=O) groups is 1. The van der Waals surface area contributed by atoms with Crippen molar-refractivity contribution in [1.29, 1.82) is 0 Å². The van der Waals surface area contributed by atoms with Crippen molar-refractivity contribution in [2.24, 2.45) is 46.3 Å². The normalized spacial score (nSPS) is 35.6. The van der Waals surface area contributed by atoms with Crippen LogP contribution in [0.5, 0.6) is 5.75 Å². The summed E-state index contributed by atoms with van der Waals surface area (Å²) < 4.78 is 11.0. The van der Waals surface area contributed by atoms with E-state index in [1.165, 1.54) is 62.7 Å². The van der Waals surface area contributed by atoms with Crippen LogP contribution in [0.1, 0.15) is 105 Å². The number of fused-ring (bicyclic) bond motifs is 5. The number of para-hydroxylation sites is 2. The lowest BCUT2D eigenvalue weighted by molar-refractivity contribution is -0.385. The monoisotopic (exact) mass is 551 g/mol. The third kappa shape index (κ3) is 5.44. The Labute approximate surface area is 240 Å². The molecule has 0 saturated heterocycles. The molecule has 40 heavy (non-hydrogen) atoms. The van der Waals surface area contributed by atoms with Gasteiger partial charge in [-0.05, 0) is 97.3 Å². The zero-order valence-corrected chi connectivity index (χ0v) is 25.2. The van der Waals surface area contributed by atoms with Gasteiger partial charge in [-0.15, -0.1) is 0 Å². The highest BCUT2D eigenvalue weighted by atomic mass is 16.7. The first kappa shape index (κ1) is 29.1. The Morgan fingerprint density at radius 3 is 2.58 bits per heavy atom. The number of hydrogen-bond donors (Lipinski definition) is 0. The minimum atomic E-state index is -0.856. The van der Waals surface area contributed by atoms with E-state index in [0.717, 1.165) is 55.3 Å². The van der Waals surface area contributed by atoms with Crippen LogP contribution in [0, 0.1) is 56.5 Å². The first-order valence-corrected chi connectivity index (χ1v) is 15.8. The number of nitro groups is 1. The minimum absolute atomic E-state index is 0.0766. The van der Waals surface area contributed by atoms with Crippen LogP contribution in [0.25, 0.3) is 0 Å². The molecule has 0 bridgehead atoms. The lowest BCUT2D eigenvalue weighted by Crippen LogP contribution is -2.51. The van der Waals surface area contributed by atoms with Gasteiger partial charge in [-0.1, -0.05) is 77.7 Å². The predicted octanol–water partition coefficient (Wildman–Crippen LogP) is 9.52. The molecular formula is C34H49NO5. The van der Waals surface area contributed by atoms with E-state index < -0.39 is 11.1 Å². The number of nitro benzene ring substituents is 1. The number of nitrogens with zero attached hydrogens (tertiary/aromatic N) is 1. The van der Waals surface area contributed by atoms with Gasteiger partial charge < -0.3 is 9.47 Å². The largest absolute Gasteiger partial charge is 0.514 e. The van der Waals surface area contributed by atoms with E-state index in [9.17, 15) is 14.9 Å². The summed E-state index contributed by atoms with van der Waals surface area (Å²) in [6.07, 6.45) is 14.6. The van der Waals surface area contributed by atoms with Crippen molar-refractivity contribution in [3.8, 4) is 5.75 Å². The second-order valence-corrected chi connectivity index (χ2v) is 14.3. The van der Waals surface area contributed by atoms with Crippen LogP contribution >= 0.6 is 0 Å². The Morgan fingerprint density at radius 2 is 1.82 bits per heavy atom. The van der Waals surface area contributed by atoms with Gasteiger partial charge >= 0.3 is 11.8 Å². The number of allylic oxidation sites excluding steroid dienone is 1. The van der Waals surface area contributed by atoms with Crippen LogP contribution in [-0.2, 0) is 4.74 Å². The summed E-state index contributed by atoms with van der Waals surface area (Å²) in [5.74, 6) is 4.70. The maximum absolute atomic E-state index is 12.6. The van der Waals surface area contributed by atoms with Gasteiger partial charge in [0.25, 0.3) is 0 Å². The summed E-state index contributed by atoms with van der Waals surface area (Å²) in [5.41, 5.74) is 1.86. The number of benzene rings is 1. The Balaban J connectivity index is 1.22. The number of hydrogen-bond acceptors (Lipinski definition) is 5. The van der Waals surface area contributed by atoms with Gasteiger partial charge in [-0.2, -0.15) is 0 Å². The smallest absolute Gasteiger partial charge is 0.430 e. The number of carbonyl (C=O) groups excluding carboxylic acids is 1. The predicted molar refractivity (Wildman–Crippen MR) is 157 cm³/mol. The van der Waals surface area contributed by atoms with Crippen molar-refractivity contribution < 1.29 is 19.2 Å². The molecule has 0 spiro atoms. The maximum Gasteiger partial charge on any atom is 0.514 e. The van der Waals surface area contributed by atoms with Crippen molar-refractivity contribution in [1.82, 2.24) is 0 Å². The molecule has 3 saturated carbocycles. The molecule has 0 heterocycles. The van der Waals surface area contributed by atoms with Gasteiger partial charge in [-0.25, -0.2) is 4.79 Å². The van der Waals surface area contributed by atoms with Crippen LogP contribution < -0.4 is 4.74 Å². The lowest BCUT2D eigenvalue weighted by atomic mass is 9.47. The van der Waals surface area contributed by atoms with E-state index in [4.69, 9.17) is 9.47 Å². The van der Waals surface area contributed by atoms with Gasteiger partial charge in [0.2, 0.25) is 5.75 Å². The van der Waals surface area contributed by atoms with Crippen LogP contribution in [0.4, 0.5) is 10.5 Å². The Hall–Kier alpha value is -2.37. The molecule has 0 N–H and O–H groups in total. The molecule has 220 valence electrons. The van der Waals surface area contributed by atoms with Crippen molar-refractivity contribution in [3.63, 3.8) is 0 Å². The quantitative estimate of drug-likeness (QED) is 0.106. The molecule has 0 aliphatic heterocycles. The molecule has 0 amide bonds. The van der Waals surface area contributed by atoms with Crippen LogP contribution in [-0.4, -0.2) is 17.2 Å². The first-order valence-electron chi connectivity index (χ1n) is 15.8. The Morgan fingerprint density at radius 1 is 1.05 bits per heavy atom. The van der Waals surface area contributed by atoms with Crippen LogP contribution in [0.3, 0.4) is 0 Å². The molecule has 1 aromatic rings. The van der Waals surface area contributed by atoms with Crippen molar-refractivity contribution >= 4 is 11.8 Å². The van der Waals surface area contributed by atoms with Crippen LogP contribution in [0.15, 0.2) is 35.9 Å². The molecule has 8 unspecified atom stereocenters. The molecule has 0 radical (unpaired) electrons. The standard InChI is InChI=1S/C34H49NO5/c1-22(2)9-8-10-23(3)27-15-16-28-26-14-13-24-21-25(17-19-33(24,4)29(26)18-20-34(27,28)5)39-32(36)40-31-12-7-6-11-30(31)35(37)38/h6-7,11-13,22-23,25-29H,8-10,14-21H2,1-5H3.